The van der Waals surface area contributed by atoms with Crippen LogP contribution in [0.25, 0.3) is 98.0 Å². The van der Waals surface area contributed by atoms with Crippen molar-refractivity contribution in [3.05, 3.63) is 288 Å². The van der Waals surface area contributed by atoms with Crippen molar-refractivity contribution in [1.82, 2.24) is 0 Å². The zero-order chi connectivity index (χ0) is 54.2. The Kier molecular flexibility index (Phi) is 11.9. The average molecular weight is 1030 g/mol. The molecule has 0 atom stereocenters. The van der Waals surface area contributed by atoms with Crippen LogP contribution in [0.15, 0.2) is 255 Å². The first-order valence-electron chi connectivity index (χ1n) is 28.0. The minimum absolute atomic E-state index is 1.11. The summed E-state index contributed by atoms with van der Waals surface area (Å²) in [5.74, 6) is 0. The predicted molar refractivity (Wildman–Crippen MR) is 346 cm³/mol. The van der Waals surface area contributed by atoms with E-state index in [1.165, 1.54) is 143 Å². The van der Waals surface area contributed by atoms with E-state index < -0.39 is 0 Å². The van der Waals surface area contributed by atoms with Gasteiger partial charge < -0.3 is 9.80 Å². The van der Waals surface area contributed by atoms with E-state index in [9.17, 15) is 0 Å². The van der Waals surface area contributed by atoms with Gasteiger partial charge in [0, 0.05) is 44.3 Å². The Morgan fingerprint density at radius 2 is 0.500 bits per heavy atom. The molecule has 0 saturated carbocycles. The van der Waals surface area contributed by atoms with Crippen LogP contribution in [0.4, 0.5) is 34.1 Å². The van der Waals surface area contributed by atoms with Gasteiger partial charge in [0.2, 0.25) is 0 Å². The van der Waals surface area contributed by atoms with Crippen molar-refractivity contribution in [3.63, 3.8) is 0 Å². The fraction of sp³-hybridized carbons (Fsp3) is 0.0769. The van der Waals surface area contributed by atoms with E-state index in [0.29, 0.717) is 0 Å². The van der Waals surface area contributed by atoms with E-state index in [-0.39, 0.29) is 0 Å². The molecule has 0 N–H and O–H groups in total. The summed E-state index contributed by atoms with van der Waals surface area (Å²) < 4.78 is 0. The molecular weight excluding hydrogens is 965 g/mol. The quantitative estimate of drug-likeness (QED) is 0.133. The number of rotatable bonds is 9. The van der Waals surface area contributed by atoms with Crippen LogP contribution in [-0.2, 0) is 0 Å². The van der Waals surface area contributed by atoms with Crippen LogP contribution in [-0.4, -0.2) is 0 Å². The fourth-order valence-corrected chi connectivity index (χ4v) is 12.8. The van der Waals surface area contributed by atoms with Gasteiger partial charge in [-0.3, -0.25) is 0 Å². The highest BCUT2D eigenvalue weighted by atomic mass is 15.2. The molecule has 382 valence electrons. The highest BCUT2D eigenvalue weighted by Gasteiger charge is 2.27. The second-order valence-corrected chi connectivity index (χ2v) is 22.2. The molecule has 0 amide bonds. The van der Waals surface area contributed by atoms with Gasteiger partial charge in [0.25, 0.3) is 0 Å². The lowest BCUT2D eigenvalue weighted by Gasteiger charge is -2.30. The summed E-state index contributed by atoms with van der Waals surface area (Å²) in [7, 11) is 0. The Balaban J connectivity index is 1.16. The van der Waals surface area contributed by atoms with Crippen LogP contribution >= 0.6 is 0 Å². The molecule has 80 heavy (non-hydrogen) atoms. The standard InChI is InChI=1S/C78H60N2/c1-49-28-34-64-56(39-49)45-55-33-27-50(2)40-69(55)74(64)57-46-58(75-65-35-29-53(5)43-72(65)77(67-37-31-51(3)41-70(67)75)79(60-19-11-7-12-20-60)61-21-13-8-14-22-61)48-59(47-57)76-66-36-30-54(6)44-73(66)78(68-38-32-52(4)42-71(68)76)80(62-23-15-9-16-24-62)63-25-17-10-18-26-63/h7-48H,1-6H3. The minimum Gasteiger partial charge on any atom is -0.309 e. The first-order chi connectivity index (χ1) is 39.1. The zero-order valence-electron chi connectivity index (χ0n) is 46.1. The number of benzene rings is 14. The normalized spacial score (nSPS) is 11.6. The smallest absolute Gasteiger partial charge is 0.0618 e. The molecule has 14 rings (SSSR count). The van der Waals surface area contributed by atoms with E-state index in [0.717, 1.165) is 22.7 Å². The molecule has 0 aliphatic carbocycles. The summed E-state index contributed by atoms with van der Waals surface area (Å²) in [6, 6.07) is 95.8. The molecule has 0 saturated heterocycles. The summed E-state index contributed by atoms with van der Waals surface area (Å²) in [4.78, 5) is 4.94. The van der Waals surface area contributed by atoms with Crippen LogP contribution in [0.1, 0.15) is 33.4 Å². The van der Waals surface area contributed by atoms with E-state index in [1.54, 1.807) is 0 Å². The monoisotopic (exact) mass is 1020 g/mol. The molecule has 0 aliphatic heterocycles. The molecule has 0 fully saturated rings. The van der Waals surface area contributed by atoms with Gasteiger partial charge in [-0.05, 0) is 203 Å². The van der Waals surface area contributed by atoms with E-state index in [1.807, 2.05) is 0 Å². The summed E-state index contributed by atoms with van der Waals surface area (Å²) in [6.07, 6.45) is 0. The topological polar surface area (TPSA) is 6.48 Å². The molecule has 2 nitrogen and oxygen atoms in total. The lowest BCUT2D eigenvalue weighted by Crippen LogP contribution is -2.11. The molecule has 14 aromatic rings. The lowest BCUT2D eigenvalue weighted by molar-refractivity contribution is 1.31. The van der Waals surface area contributed by atoms with Gasteiger partial charge in [0.1, 0.15) is 0 Å². The van der Waals surface area contributed by atoms with Crippen molar-refractivity contribution in [3.8, 4) is 33.4 Å². The van der Waals surface area contributed by atoms with Gasteiger partial charge in [-0.2, -0.15) is 0 Å². The molecule has 0 aliphatic rings. The summed E-state index contributed by atoms with van der Waals surface area (Å²) >= 11 is 0. The maximum atomic E-state index is 2.52. The second-order valence-electron chi connectivity index (χ2n) is 22.2. The van der Waals surface area contributed by atoms with Gasteiger partial charge in [0.15, 0.2) is 0 Å². The van der Waals surface area contributed by atoms with Crippen LogP contribution < -0.4 is 9.80 Å². The average Bonchev–Trinajstić information content (AvgIpc) is 3.51. The molecular formula is C78H60N2. The molecule has 14 aromatic carbocycles. The number of anilines is 6. The van der Waals surface area contributed by atoms with Gasteiger partial charge in [-0.1, -0.05) is 203 Å². The first-order valence-corrected chi connectivity index (χ1v) is 28.0. The Morgan fingerprint density at radius 1 is 0.200 bits per heavy atom. The van der Waals surface area contributed by atoms with Crippen LogP contribution in [0.5, 0.6) is 0 Å². The van der Waals surface area contributed by atoms with Crippen molar-refractivity contribution in [2.24, 2.45) is 0 Å². The molecule has 0 bridgehead atoms. The summed E-state index contributed by atoms with van der Waals surface area (Å²) in [5, 5.41) is 14.6. The van der Waals surface area contributed by atoms with Crippen molar-refractivity contribution in [2.45, 2.75) is 41.5 Å². The van der Waals surface area contributed by atoms with Crippen LogP contribution in [0.2, 0.25) is 0 Å². The number of nitrogens with zero attached hydrogens (tertiary/aromatic N) is 2. The van der Waals surface area contributed by atoms with Gasteiger partial charge in [-0.15, -0.1) is 0 Å². The van der Waals surface area contributed by atoms with E-state index >= 15 is 0 Å². The largest absolute Gasteiger partial charge is 0.309 e. The number of para-hydroxylation sites is 4. The Labute approximate surface area is 469 Å². The third kappa shape index (κ3) is 8.35. The molecule has 0 aromatic heterocycles. The molecule has 0 radical (unpaired) electrons. The van der Waals surface area contributed by atoms with E-state index in [2.05, 4.69) is 306 Å². The highest BCUT2D eigenvalue weighted by Crippen LogP contribution is 2.53. The lowest BCUT2D eigenvalue weighted by atomic mass is 9.82. The van der Waals surface area contributed by atoms with Crippen molar-refractivity contribution < 1.29 is 0 Å². The molecule has 0 spiro atoms. The van der Waals surface area contributed by atoms with Crippen molar-refractivity contribution >= 4 is 98.8 Å². The second kappa shape index (κ2) is 19.6. The number of hydrogen-bond donors (Lipinski definition) is 0. The van der Waals surface area contributed by atoms with Gasteiger partial charge >= 0.3 is 0 Å². The number of fused-ring (bicyclic) bond motifs is 6. The Hall–Kier alpha value is -9.76. The highest BCUT2D eigenvalue weighted by molar-refractivity contribution is 6.26. The van der Waals surface area contributed by atoms with Gasteiger partial charge in [-0.25, -0.2) is 0 Å². The minimum atomic E-state index is 1.11. The van der Waals surface area contributed by atoms with Crippen molar-refractivity contribution in [2.75, 3.05) is 9.80 Å². The molecule has 0 unspecified atom stereocenters. The fourth-order valence-electron chi connectivity index (χ4n) is 12.8. The molecule has 0 heterocycles. The van der Waals surface area contributed by atoms with Crippen molar-refractivity contribution in [1.29, 1.82) is 0 Å². The van der Waals surface area contributed by atoms with Crippen LogP contribution in [0.3, 0.4) is 0 Å². The zero-order valence-corrected chi connectivity index (χ0v) is 46.1. The number of hydrogen-bond acceptors (Lipinski definition) is 2. The third-order valence-electron chi connectivity index (χ3n) is 16.4. The van der Waals surface area contributed by atoms with Gasteiger partial charge in [0.05, 0.1) is 11.4 Å². The summed E-state index contributed by atoms with van der Waals surface area (Å²) in [5.41, 5.74) is 21.3. The third-order valence-corrected chi connectivity index (χ3v) is 16.4. The number of aryl methyl sites for hydroxylation is 6. The summed E-state index contributed by atoms with van der Waals surface area (Å²) in [6.45, 7) is 13.4. The van der Waals surface area contributed by atoms with E-state index in [4.69, 9.17) is 0 Å². The first kappa shape index (κ1) is 48.6. The molecule has 2 heteroatoms. The Bertz CT molecular complexity index is 4440. The maximum absolute atomic E-state index is 2.52. The predicted octanol–water partition coefficient (Wildman–Crippen LogP) is 22.4. The maximum Gasteiger partial charge on any atom is 0.0618 e. The SMILES string of the molecule is Cc1ccc2c(-c3cc(-c4c5cc(C)ccc5c(N(c5ccccc5)c5ccccc5)c5cc(C)ccc45)cc(-c4c5cc(C)ccc5c(N(c5ccccc5)c5ccccc5)c5cc(C)ccc45)c3)c3cc(C)ccc3cc2c1. The van der Waals surface area contributed by atoms with Crippen LogP contribution in [0, 0.1) is 41.5 Å². The Morgan fingerprint density at radius 3 is 0.887 bits per heavy atom.